The maximum atomic E-state index is 6.49. The molecule has 2 heteroatoms. The van der Waals surface area contributed by atoms with Gasteiger partial charge in [-0.3, -0.25) is 0 Å². The van der Waals surface area contributed by atoms with E-state index in [2.05, 4.69) is 4.90 Å². The molecule has 1 aliphatic heterocycles. The van der Waals surface area contributed by atoms with E-state index in [4.69, 9.17) is 5.73 Å². The quantitative estimate of drug-likeness (QED) is 0.798. The Balaban J connectivity index is 1.72. The maximum absolute atomic E-state index is 6.49. The molecular formula is C14H28N2. The SMILES string of the molecule is NC1(CCN2CCCCCC2)CCCCC1. The number of nitrogens with two attached hydrogens (primary N) is 1. The van der Waals surface area contributed by atoms with Crippen molar-refractivity contribution in [2.45, 2.75) is 69.7 Å². The van der Waals surface area contributed by atoms with Crippen LogP contribution in [0.5, 0.6) is 0 Å². The van der Waals surface area contributed by atoms with E-state index in [9.17, 15) is 0 Å². The number of nitrogens with zero attached hydrogens (tertiary/aromatic N) is 1. The van der Waals surface area contributed by atoms with Crippen LogP contribution in [0.2, 0.25) is 0 Å². The van der Waals surface area contributed by atoms with Gasteiger partial charge in [-0.2, -0.15) is 0 Å². The van der Waals surface area contributed by atoms with Gasteiger partial charge in [-0.1, -0.05) is 32.1 Å². The molecule has 2 rings (SSSR count). The highest BCUT2D eigenvalue weighted by atomic mass is 15.1. The van der Waals surface area contributed by atoms with Crippen molar-refractivity contribution in [2.24, 2.45) is 5.73 Å². The maximum Gasteiger partial charge on any atom is 0.0166 e. The van der Waals surface area contributed by atoms with Gasteiger partial charge in [0.2, 0.25) is 0 Å². The highest BCUT2D eigenvalue weighted by Crippen LogP contribution is 2.29. The van der Waals surface area contributed by atoms with Crippen molar-refractivity contribution in [3.63, 3.8) is 0 Å². The van der Waals surface area contributed by atoms with Gasteiger partial charge in [-0.05, 0) is 51.7 Å². The van der Waals surface area contributed by atoms with Crippen LogP contribution in [0.25, 0.3) is 0 Å². The summed E-state index contributed by atoms with van der Waals surface area (Å²) in [5, 5.41) is 0. The molecule has 1 heterocycles. The molecule has 0 unspecified atom stereocenters. The molecule has 0 aromatic heterocycles. The van der Waals surface area contributed by atoms with Gasteiger partial charge < -0.3 is 10.6 Å². The van der Waals surface area contributed by atoms with Gasteiger partial charge in [0, 0.05) is 5.54 Å². The summed E-state index contributed by atoms with van der Waals surface area (Å²) in [4.78, 5) is 2.65. The van der Waals surface area contributed by atoms with Crippen LogP contribution < -0.4 is 5.73 Å². The van der Waals surface area contributed by atoms with E-state index < -0.39 is 0 Å². The van der Waals surface area contributed by atoms with Crippen LogP contribution in [0, 0.1) is 0 Å². The number of rotatable bonds is 3. The lowest BCUT2D eigenvalue weighted by Gasteiger charge is -2.35. The van der Waals surface area contributed by atoms with Gasteiger partial charge in [0.15, 0.2) is 0 Å². The van der Waals surface area contributed by atoms with Gasteiger partial charge in [-0.25, -0.2) is 0 Å². The van der Waals surface area contributed by atoms with Gasteiger partial charge in [0.1, 0.15) is 0 Å². The second-order valence-electron chi connectivity index (χ2n) is 5.93. The average molecular weight is 224 g/mol. The molecule has 2 N–H and O–H groups in total. The van der Waals surface area contributed by atoms with Crippen molar-refractivity contribution in [3.05, 3.63) is 0 Å². The Morgan fingerprint density at radius 1 is 0.812 bits per heavy atom. The van der Waals surface area contributed by atoms with Crippen molar-refractivity contribution in [1.29, 1.82) is 0 Å². The van der Waals surface area contributed by atoms with Crippen LogP contribution >= 0.6 is 0 Å². The molecule has 1 aliphatic carbocycles. The summed E-state index contributed by atoms with van der Waals surface area (Å²) < 4.78 is 0. The summed E-state index contributed by atoms with van der Waals surface area (Å²) in [6.07, 6.45) is 13.5. The third-order valence-electron chi connectivity index (χ3n) is 4.47. The Bertz CT molecular complexity index is 189. The zero-order valence-electron chi connectivity index (χ0n) is 10.7. The molecule has 2 aliphatic rings. The van der Waals surface area contributed by atoms with E-state index >= 15 is 0 Å². The Labute approximate surface area is 101 Å². The summed E-state index contributed by atoms with van der Waals surface area (Å²) in [6, 6.07) is 0. The highest BCUT2D eigenvalue weighted by molar-refractivity contribution is 4.88. The topological polar surface area (TPSA) is 29.3 Å². The minimum Gasteiger partial charge on any atom is -0.325 e. The molecule has 1 saturated carbocycles. The summed E-state index contributed by atoms with van der Waals surface area (Å²) in [5.41, 5.74) is 6.67. The van der Waals surface area contributed by atoms with Crippen molar-refractivity contribution < 1.29 is 0 Å². The first kappa shape index (κ1) is 12.4. The molecule has 94 valence electrons. The summed E-state index contributed by atoms with van der Waals surface area (Å²) in [6.45, 7) is 3.88. The molecule has 0 spiro atoms. The smallest absolute Gasteiger partial charge is 0.0166 e. The lowest BCUT2D eigenvalue weighted by molar-refractivity contribution is 0.212. The largest absolute Gasteiger partial charge is 0.325 e. The van der Waals surface area contributed by atoms with Crippen molar-refractivity contribution in [1.82, 2.24) is 4.90 Å². The minimum absolute atomic E-state index is 0.185. The van der Waals surface area contributed by atoms with E-state index in [-0.39, 0.29) is 5.54 Å². The minimum atomic E-state index is 0.185. The molecule has 0 radical (unpaired) electrons. The van der Waals surface area contributed by atoms with E-state index in [1.807, 2.05) is 0 Å². The van der Waals surface area contributed by atoms with Crippen molar-refractivity contribution in [2.75, 3.05) is 19.6 Å². The predicted molar refractivity (Wildman–Crippen MR) is 69.5 cm³/mol. The monoisotopic (exact) mass is 224 g/mol. The Hall–Kier alpha value is -0.0800. The molecule has 0 aromatic rings. The van der Waals surface area contributed by atoms with Crippen LogP contribution in [-0.2, 0) is 0 Å². The van der Waals surface area contributed by atoms with E-state index in [1.165, 1.54) is 83.8 Å². The van der Waals surface area contributed by atoms with Crippen molar-refractivity contribution in [3.8, 4) is 0 Å². The standard InChI is InChI=1S/C14H28N2/c15-14(8-4-3-5-9-14)10-13-16-11-6-1-2-7-12-16/h1-13,15H2. The summed E-state index contributed by atoms with van der Waals surface area (Å²) >= 11 is 0. The molecular weight excluding hydrogens is 196 g/mol. The first-order valence-corrected chi connectivity index (χ1v) is 7.30. The second-order valence-corrected chi connectivity index (χ2v) is 5.93. The normalized spacial score (nSPS) is 27.6. The third kappa shape index (κ3) is 3.74. The van der Waals surface area contributed by atoms with Crippen LogP contribution in [-0.4, -0.2) is 30.1 Å². The van der Waals surface area contributed by atoms with Gasteiger partial charge in [0.05, 0.1) is 0 Å². The first-order chi connectivity index (χ1) is 7.79. The van der Waals surface area contributed by atoms with Crippen LogP contribution in [0.4, 0.5) is 0 Å². The fourth-order valence-corrected chi connectivity index (χ4v) is 3.25. The number of hydrogen-bond acceptors (Lipinski definition) is 2. The molecule has 0 amide bonds. The average Bonchev–Trinajstić information content (AvgIpc) is 2.56. The fraction of sp³-hybridized carbons (Fsp3) is 1.00. The summed E-state index contributed by atoms with van der Waals surface area (Å²) in [7, 11) is 0. The van der Waals surface area contributed by atoms with Crippen LogP contribution in [0.3, 0.4) is 0 Å². The molecule has 16 heavy (non-hydrogen) atoms. The van der Waals surface area contributed by atoms with E-state index in [1.54, 1.807) is 0 Å². The molecule has 0 bridgehead atoms. The Morgan fingerprint density at radius 3 is 2.00 bits per heavy atom. The van der Waals surface area contributed by atoms with Gasteiger partial charge >= 0.3 is 0 Å². The molecule has 0 atom stereocenters. The highest BCUT2D eigenvalue weighted by Gasteiger charge is 2.27. The molecule has 2 fully saturated rings. The lowest BCUT2D eigenvalue weighted by Crippen LogP contribution is -2.44. The molecule has 0 aromatic carbocycles. The van der Waals surface area contributed by atoms with Crippen LogP contribution in [0.1, 0.15) is 64.2 Å². The van der Waals surface area contributed by atoms with Crippen LogP contribution in [0.15, 0.2) is 0 Å². The molecule has 2 nitrogen and oxygen atoms in total. The lowest BCUT2D eigenvalue weighted by atomic mass is 9.80. The predicted octanol–water partition coefficient (Wildman–Crippen LogP) is 2.91. The Kier molecular flexibility index (Phi) is 4.66. The Morgan fingerprint density at radius 2 is 1.38 bits per heavy atom. The van der Waals surface area contributed by atoms with E-state index in [0.717, 1.165) is 0 Å². The van der Waals surface area contributed by atoms with E-state index in [0.29, 0.717) is 0 Å². The number of hydrogen-bond donors (Lipinski definition) is 1. The fourth-order valence-electron chi connectivity index (χ4n) is 3.25. The molecule has 1 saturated heterocycles. The van der Waals surface area contributed by atoms with Crippen molar-refractivity contribution >= 4 is 0 Å². The summed E-state index contributed by atoms with van der Waals surface area (Å²) in [5.74, 6) is 0. The third-order valence-corrected chi connectivity index (χ3v) is 4.47. The zero-order chi connectivity index (χ0) is 11.3. The zero-order valence-corrected chi connectivity index (χ0v) is 10.7. The second kappa shape index (κ2) is 6.02. The van der Waals surface area contributed by atoms with Gasteiger partial charge in [-0.15, -0.1) is 0 Å². The number of likely N-dealkylation sites (tertiary alicyclic amines) is 1. The van der Waals surface area contributed by atoms with Gasteiger partial charge in [0.25, 0.3) is 0 Å². The first-order valence-electron chi connectivity index (χ1n) is 7.30.